The van der Waals surface area contributed by atoms with E-state index in [1.165, 1.54) is 11.3 Å². The van der Waals surface area contributed by atoms with Gasteiger partial charge < -0.3 is 9.30 Å². The number of ketones is 1. The van der Waals surface area contributed by atoms with Gasteiger partial charge in [0.1, 0.15) is 11.4 Å². The highest BCUT2D eigenvalue weighted by Gasteiger charge is 2.13. The van der Waals surface area contributed by atoms with Crippen LogP contribution in [0.25, 0.3) is 0 Å². The molecule has 0 bridgehead atoms. The predicted octanol–water partition coefficient (Wildman–Crippen LogP) is 3.49. The number of carbonyl (C=O) groups is 1. The van der Waals surface area contributed by atoms with Gasteiger partial charge in [-0.05, 0) is 19.1 Å². The normalized spacial score (nSPS) is 11.5. The number of allylic oxidation sites excluding steroid dienone is 1. The molecule has 1 aromatic carbocycles. The SMILES string of the molecule is C=CCn1c(C)c(C(C)=O)sc1=Nc1ccccc1OC. The standard InChI is InChI=1S/C16H18N2O2S/c1-5-10-18-11(2)15(12(3)19)21-16(18)17-13-8-6-7-9-14(13)20-4/h5-9H,1,10H2,2-4H3. The Morgan fingerprint density at radius 3 is 2.81 bits per heavy atom. The Kier molecular flexibility index (Phi) is 4.75. The van der Waals surface area contributed by atoms with Crippen LogP contribution >= 0.6 is 11.3 Å². The first-order valence-electron chi connectivity index (χ1n) is 6.58. The molecule has 0 unspecified atom stereocenters. The summed E-state index contributed by atoms with van der Waals surface area (Å²) in [6.45, 7) is 7.88. The van der Waals surface area contributed by atoms with Gasteiger partial charge in [0, 0.05) is 19.2 Å². The molecule has 1 heterocycles. The molecule has 2 aromatic rings. The predicted molar refractivity (Wildman–Crippen MR) is 85.5 cm³/mol. The van der Waals surface area contributed by atoms with E-state index in [0.29, 0.717) is 12.3 Å². The number of methoxy groups -OCH3 is 1. The van der Waals surface area contributed by atoms with E-state index < -0.39 is 0 Å². The minimum atomic E-state index is 0.0526. The maximum absolute atomic E-state index is 11.7. The Hall–Kier alpha value is -2.14. The van der Waals surface area contributed by atoms with Crippen molar-refractivity contribution in [3.8, 4) is 5.75 Å². The maximum atomic E-state index is 11.7. The van der Waals surface area contributed by atoms with Gasteiger partial charge >= 0.3 is 0 Å². The number of para-hydroxylation sites is 2. The fourth-order valence-electron chi connectivity index (χ4n) is 2.07. The van der Waals surface area contributed by atoms with E-state index in [4.69, 9.17) is 4.74 Å². The van der Waals surface area contributed by atoms with Crippen molar-refractivity contribution in [3.63, 3.8) is 0 Å². The molecule has 0 saturated carbocycles. The van der Waals surface area contributed by atoms with Gasteiger partial charge in [-0.3, -0.25) is 4.79 Å². The molecule has 0 aliphatic heterocycles. The van der Waals surface area contributed by atoms with Crippen LogP contribution < -0.4 is 9.54 Å². The Morgan fingerprint density at radius 1 is 1.48 bits per heavy atom. The third-order valence-corrected chi connectivity index (χ3v) is 4.37. The highest BCUT2D eigenvalue weighted by Crippen LogP contribution is 2.26. The number of Topliss-reactive ketones (excluding diaryl/α,β-unsaturated/α-hetero) is 1. The lowest BCUT2D eigenvalue weighted by atomic mass is 10.3. The van der Waals surface area contributed by atoms with Gasteiger partial charge in [0.05, 0.1) is 12.0 Å². The van der Waals surface area contributed by atoms with E-state index in [0.717, 1.165) is 21.1 Å². The molecule has 110 valence electrons. The number of aromatic nitrogens is 1. The molecule has 0 amide bonds. The number of benzene rings is 1. The summed E-state index contributed by atoms with van der Waals surface area (Å²) >= 11 is 1.39. The second kappa shape index (κ2) is 6.54. The van der Waals surface area contributed by atoms with Gasteiger partial charge in [0.25, 0.3) is 0 Å². The number of ether oxygens (including phenoxy) is 1. The third-order valence-electron chi connectivity index (χ3n) is 3.09. The molecule has 1 aromatic heterocycles. The zero-order chi connectivity index (χ0) is 15.4. The lowest BCUT2D eigenvalue weighted by Gasteiger charge is -2.04. The molecule has 21 heavy (non-hydrogen) atoms. The average Bonchev–Trinajstić information content (AvgIpc) is 2.77. The molecule has 0 fully saturated rings. The Labute approximate surface area is 128 Å². The lowest BCUT2D eigenvalue weighted by molar-refractivity contribution is 0.102. The average molecular weight is 302 g/mol. The number of rotatable bonds is 5. The van der Waals surface area contributed by atoms with Crippen LogP contribution in [0.15, 0.2) is 41.9 Å². The van der Waals surface area contributed by atoms with Crippen molar-refractivity contribution in [2.75, 3.05) is 7.11 Å². The van der Waals surface area contributed by atoms with Crippen LogP contribution in [0, 0.1) is 6.92 Å². The van der Waals surface area contributed by atoms with Gasteiger partial charge in [0.15, 0.2) is 10.6 Å². The van der Waals surface area contributed by atoms with E-state index in [2.05, 4.69) is 11.6 Å². The first kappa shape index (κ1) is 15.3. The van der Waals surface area contributed by atoms with Crippen molar-refractivity contribution < 1.29 is 9.53 Å². The maximum Gasteiger partial charge on any atom is 0.191 e. The number of hydrogen-bond acceptors (Lipinski definition) is 4. The largest absolute Gasteiger partial charge is 0.494 e. The number of thiazole rings is 1. The van der Waals surface area contributed by atoms with Crippen LogP contribution in [0.4, 0.5) is 5.69 Å². The molecule has 0 atom stereocenters. The molecule has 0 aliphatic rings. The molecule has 2 rings (SSSR count). The second-order valence-electron chi connectivity index (χ2n) is 4.54. The molecule has 0 spiro atoms. The van der Waals surface area contributed by atoms with Crippen LogP contribution in [-0.2, 0) is 6.54 Å². The summed E-state index contributed by atoms with van der Waals surface area (Å²) in [5.41, 5.74) is 1.66. The summed E-state index contributed by atoms with van der Waals surface area (Å²) in [4.78, 5) is 17.9. The van der Waals surface area contributed by atoms with E-state index in [1.54, 1.807) is 20.1 Å². The summed E-state index contributed by atoms with van der Waals surface area (Å²) in [6.07, 6.45) is 1.80. The summed E-state index contributed by atoms with van der Waals surface area (Å²) in [7, 11) is 1.62. The van der Waals surface area contributed by atoms with Crippen molar-refractivity contribution in [1.82, 2.24) is 4.57 Å². The fraction of sp³-hybridized carbons (Fsp3) is 0.250. The van der Waals surface area contributed by atoms with Crippen LogP contribution in [-0.4, -0.2) is 17.5 Å². The van der Waals surface area contributed by atoms with Crippen LogP contribution in [0.1, 0.15) is 22.3 Å². The third kappa shape index (κ3) is 3.13. The van der Waals surface area contributed by atoms with Gasteiger partial charge in [-0.15, -0.1) is 6.58 Å². The van der Waals surface area contributed by atoms with Crippen molar-refractivity contribution in [1.29, 1.82) is 0 Å². The molecule has 4 nitrogen and oxygen atoms in total. The quantitative estimate of drug-likeness (QED) is 0.627. The number of carbonyl (C=O) groups excluding carboxylic acids is 1. The lowest BCUT2D eigenvalue weighted by Crippen LogP contribution is -2.15. The van der Waals surface area contributed by atoms with Gasteiger partial charge in [-0.25, -0.2) is 4.99 Å². The topological polar surface area (TPSA) is 43.6 Å². The van der Waals surface area contributed by atoms with E-state index in [1.807, 2.05) is 35.8 Å². The smallest absolute Gasteiger partial charge is 0.191 e. The first-order valence-corrected chi connectivity index (χ1v) is 7.40. The van der Waals surface area contributed by atoms with Crippen LogP contribution in [0.3, 0.4) is 0 Å². The highest BCUT2D eigenvalue weighted by molar-refractivity contribution is 7.11. The zero-order valence-corrected chi connectivity index (χ0v) is 13.2. The van der Waals surface area contributed by atoms with Gasteiger partial charge in [-0.2, -0.15) is 0 Å². The molecule has 5 heteroatoms. The van der Waals surface area contributed by atoms with E-state index in [-0.39, 0.29) is 5.78 Å². The summed E-state index contributed by atoms with van der Waals surface area (Å²) < 4.78 is 7.30. The minimum Gasteiger partial charge on any atom is -0.494 e. The van der Waals surface area contributed by atoms with Gasteiger partial charge in [0.2, 0.25) is 0 Å². The summed E-state index contributed by atoms with van der Waals surface area (Å²) in [6, 6.07) is 7.56. The minimum absolute atomic E-state index is 0.0526. The summed E-state index contributed by atoms with van der Waals surface area (Å²) in [5.74, 6) is 0.759. The number of hydrogen-bond donors (Lipinski definition) is 0. The summed E-state index contributed by atoms with van der Waals surface area (Å²) in [5, 5.41) is 0. The molecular weight excluding hydrogens is 284 g/mol. The Balaban J connectivity index is 2.67. The van der Waals surface area contributed by atoms with Crippen molar-refractivity contribution in [3.05, 3.63) is 52.3 Å². The van der Waals surface area contributed by atoms with Crippen molar-refractivity contribution in [2.45, 2.75) is 20.4 Å². The Morgan fingerprint density at radius 2 is 2.19 bits per heavy atom. The second-order valence-corrected chi connectivity index (χ2v) is 5.52. The Bertz CT molecular complexity index is 741. The van der Waals surface area contributed by atoms with Crippen LogP contribution in [0.5, 0.6) is 5.75 Å². The van der Waals surface area contributed by atoms with Crippen LogP contribution in [0.2, 0.25) is 0 Å². The molecule has 0 aliphatic carbocycles. The van der Waals surface area contributed by atoms with Crippen molar-refractivity contribution in [2.24, 2.45) is 4.99 Å². The molecule has 0 radical (unpaired) electrons. The highest BCUT2D eigenvalue weighted by atomic mass is 32.1. The number of nitrogens with zero attached hydrogens (tertiary/aromatic N) is 2. The van der Waals surface area contributed by atoms with E-state index in [9.17, 15) is 4.79 Å². The molecular formula is C16H18N2O2S. The monoisotopic (exact) mass is 302 g/mol. The van der Waals surface area contributed by atoms with E-state index >= 15 is 0 Å². The molecule has 0 N–H and O–H groups in total. The zero-order valence-electron chi connectivity index (χ0n) is 12.4. The molecule has 0 saturated heterocycles. The first-order chi connectivity index (χ1) is 10.1. The van der Waals surface area contributed by atoms with Crippen molar-refractivity contribution >= 4 is 22.8 Å². The fourth-order valence-corrected chi connectivity index (χ4v) is 3.12. The van der Waals surface area contributed by atoms with Gasteiger partial charge in [-0.1, -0.05) is 29.5 Å².